The van der Waals surface area contributed by atoms with Crippen molar-refractivity contribution in [2.75, 3.05) is 111 Å². The van der Waals surface area contributed by atoms with Crippen LogP contribution in [0.5, 0.6) is 11.5 Å². The lowest BCUT2D eigenvalue weighted by molar-refractivity contribution is -0.148. The Hall–Kier alpha value is -4.96. The summed E-state index contributed by atoms with van der Waals surface area (Å²) >= 11 is 25.6. The van der Waals surface area contributed by atoms with Crippen LogP contribution in [0.25, 0.3) is 0 Å². The van der Waals surface area contributed by atoms with E-state index in [9.17, 15) is 24.3 Å². The van der Waals surface area contributed by atoms with Crippen LogP contribution < -0.4 is 29.1 Å². The Bertz CT molecular complexity index is 2490. The highest BCUT2D eigenvalue weighted by molar-refractivity contribution is 6.44. The van der Waals surface area contributed by atoms with Crippen molar-refractivity contribution >= 4 is 92.9 Å². The molecule has 0 radical (unpaired) electrons. The lowest BCUT2D eigenvalue weighted by Crippen LogP contribution is -2.54. The van der Waals surface area contributed by atoms with E-state index >= 15 is 0 Å². The second-order valence-electron chi connectivity index (χ2n) is 20.7. The van der Waals surface area contributed by atoms with E-state index in [0.717, 1.165) is 120 Å². The Morgan fingerprint density at radius 3 is 1.41 bits per heavy atom. The molecule has 2 saturated heterocycles. The van der Waals surface area contributed by atoms with Gasteiger partial charge in [-0.15, -0.1) is 0 Å². The summed E-state index contributed by atoms with van der Waals surface area (Å²) < 4.78 is 12.6. The van der Waals surface area contributed by atoms with Gasteiger partial charge in [-0.25, -0.2) is 0 Å². The number of hydrogen-bond donors (Lipinski definition) is 2. The van der Waals surface area contributed by atoms with E-state index in [-0.39, 0.29) is 50.6 Å². The van der Waals surface area contributed by atoms with Crippen molar-refractivity contribution in [1.29, 1.82) is 0 Å². The third-order valence-electron chi connectivity index (χ3n) is 15.5. The first-order valence-corrected chi connectivity index (χ1v) is 28.7. The van der Waals surface area contributed by atoms with Crippen LogP contribution in [0.2, 0.25) is 20.1 Å². The fourth-order valence-corrected chi connectivity index (χ4v) is 11.9. The van der Waals surface area contributed by atoms with Gasteiger partial charge in [0.15, 0.2) is 0 Å². The Kier molecular flexibility index (Phi) is 20.8. The number of aryl methyl sites for hydroxylation is 2. The molecule has 0 spiro atoms. The van der Waals surface area contributed by atoms with E-state index in [4.69, 9.17) is 61.0 Å². The number of carboxylic acids is 2. The number of ether oxygens (including phenoxy) is 2. The number of rotatable bonds is 27. The minimum absolute atomic E-state index is 0.0870. The predicted octanol–water partition coefficient (Wildman–Crippen LogP) is 11.4. The molecule has 0 unspecified atom stereocenters. The number of halogens is 4. The van der Waals surface area contributed by atoms with Gasteiger partial charge in [-0.05, 0) is 112 Å². The molecule has 4 aliphatic rings. The molecule has 2 fully saturated rings. The standard InChI is InChI=1S/C58H72Cl4N6O8/c59-46-12-10-14-48(55(46)61)65-32-28-63(29-33-65)26-6-8-36-75-44-21-17-42-19-23-52(69)67(50(42)38-44)40-58(57(73)74,25-5-3-1-2-4-16-54(71)72)41-68-51-39-45(22-18-43(51)20-24-53(68)70)76-37-9-7-27-64-30-34-66(35-31-64)49-15-11-13-47(60)56(49)62/h10-15,17-18,21-22,38-39H,1-9,16,19-20,23-37,40-41H2,(H,71,72)(H,73,74). The number of nitrogens with zero attached hydrogens (tertiary/aromatic N) is 6. The highest BCUT2D eigenvalue weighted by Crippen LogP contribution is 2.41. The zero-order valence-corrected chi connectivity index (χ0v) is 46.5. The number of carbonyl (C=O) groups excluding carboxylic acids is 2. The van der Waals surface area contributed by atoms with Gasteiger partial charge in [0.25, 0.3) is 0 Å². The quantitative estimate of drug-likeness (QED) is 0.0548. The van der Waals surface area contributed by atoms with Crippen LogP contribution in [0, 0.1) is 5.41 Å². The number of unbranched alkanes of at least 4 members (excludes halogenated alkanes) is 6. The normalized spacial score (nSPS) is 16.5. The lowest BCUT2D eigenvalue weighted by atomic mass is 9.79. The molecule has 2 amide bonds. The smallest absolute Gasteiger partial charge is 0.313 e. The Balaban J connectivity index is 0.893. The van der Waals surface area contributed by atoms with Gasteiger partial charge >= 0.3 is 11.9 Å². The maximum atomic E-state index is 14.1. The second-order valence-corrected chi connectivity index (χ2v) is 22.3. The van der Waals surface area contributed by atoms with Crippen LogP contribution in [-0.2, 0) is 32.0 Å². The number of piperazine rings is 2. The molecule has 76 heavy (non-hydrogen) atoms. The molecule has 4 aromatic rings. The van der Waals surface area contributed by atoms with Crippen molar-refractivity contribution < 1.29 is 38.9 Å². The van der Waals surface area contributed by atoms with E-state index < -0.39 is 17.4 Å². The number of anilines is 4. The van der Waals surface area contributed by atoms with Crippen molar-refractivity contribution in [1.82, 2.24) is 9.80 Å². The van der Waals surface area contributed by atoms with Gasteiger partial charge in [0.1, 0.15) is 16.9 Å². The number of fused-ring (bicyclic) bond motifs is 2. The monoisotopic (exact) mass is 1120 g/mol. The topological polar surface area (TPSA) is 147 Å². The fraction of sp³-hybridized carbons (Fsp3) is 0.517. The molecule has 4 aliphatic heterocycles. The summed E-state index contributed by atoms with van der Waals surface area (Å²) in [5, 5.41) is 22.9. The Labute approximate surface area is 467 Å². The van der Waals surface area contributed by atoms with Crippen molar-refractivity contribution in [2.24, 2.45) is 5.41 Å². The average Bonchev–Trinajstić information content (AvgIpc) is 3.42. The summed E-state index contributed by atoms with van der Waals surface area (Å²) in [6, 6.07) is 23.0. The maximum Gasteiger partial charge on any atom is 0.313 e. The zero-order chi connectivity index (χ0) is 53.6. The molecule has 0 saturated carbocycles. The van der Waals surface area contributed by atoms with E-state index in [0.29, 0.717) is 94.7 Å². The van der Waals surface area contributed by atoms with E-state index in [2.05, 4.69) is 19.6 Å². The maximum absolute atomic E-state index is 14.1. The van der Waals surface area contributed by atoms with Crippen LogP contribution >= 0.6 is 46.4 Å². The van der Waals surface area contributed by atoms with Crippen LogP contribution in [0.3, 0.4) is 0 Å². The van der Waals surface area contributed by atoms with E-state index in [1.807, 2.05) is 60.7 Å². The van der Waals surface area contributed by atoms with Gasteiger partial charge in [-0.1, -0.05) is 96.4 Å². The summed E-state index contributed by atoms with van der Waals surface area (Å²) in [5.74, 6) is -1.05. The molecular formula is C58H72Cl4N6O8. The second kappa shape index (κ2) is 27.6. The summed E-state index contributed by atoms with van der Waals surface area (Å²) in [4.78, 5) is 66.0. The predicted molar refractivity (Wildman–Crippen MR) is 304 cm³/mol. The van der Waals surface area contributed by atoms with Gasteiger partial charge in [-0.3, -0.25) is 29.0 Å². The molecule has 0 bridgehead atoms. The average molecular weight is 1120 g/mol. The van der Waals surface area contributed by atoms with Gasteiger partial charge in [-0.2, -0.15) is 0 Å². The van der Waals surface area contributed by atoms with Crippen molar-refractivity contribution in [3.05, 3.63) is 104 Å². The van der Waals surface area contributed by atoms with Gasteiger partial charge in [0.2, 0.25) is 11.8 Å². The third kappa shape index (κ3) is 15.0. The molecule has 0 atom stereocenters. The van der Waals surface area contributed by atoms with E-state index in [1.165, 1.54) is 0 Å². The first kappa shape index (κ1) is 57.2. The van der Waals surface area contributed by atoms with Gasteiger partial charge in [0.05, 0.1) is 56.1 Å². The summed E-state index contributed by atoms with van der Waals surface area (Å²) in [5.41, 5.74) is 3.53. The number of carboxylic acid groups (broad SMARTS) is 2. The molecule has 0 aliphatic carbocycles. The van der Waals surface area contributed by atoms with Crippen molar-refractivity contribution in [3.63, 3.8) is 0 Å². The SMILES string of the molecule is O=C(O)CCCCCCCC(CN1C(=O)CCc2ccc(OCCCCN3CCN(c4cccc(Cl)c4Cl)CC3)cc21)(CN1C(=O)CCc2ccc(OCCCCN3CCN(c4cccc(Cl)c4Cl)CC3)cc21)C(=O)O. The minimum Gasteiger partial charge on any atom is -0.494 e. The Morgan fingerprint density at radius 1 is 0.513 bits per heavy atom. The zero-order valence-electron chi connectivity index (χ0n) is 43.5. The largest absolute Gasteiger partial charge is 0.494 e. The molecule has 8 rings (SSSR count). The summed E-state index contributed by atoms with van der Waals surface area (Å²) in [7, 11) is 0. The number of amides is 2. The molecule has 410 valence electrons. The molecule has 2 N–H and O–H groups in total. The number of carbonyl (C=O) groups is 4. The molecule has 4 heterocycles. The van der Waals surface area contributed by atoms with Crippen LogP contribution in [0.1, 0.15) is 94.6 Å². The Morgan fingerprint density at radius 2 is 0.961 bits per heavy atom. The number of aliphatic carboxylic acids is 2. The molecule has 18 heteroatoms. The van der Waals surface area contributed by atoms with Gasteiger partial charge < -0.3 is 39.3 Å². The lowest BCUT2D eigenvalue weighted by Gasteiger charge is -2.42. The van der Waals surface area contributed by atoms with Crippen molar-refractivity contribution in [3.8, 4) is 11.5 Å². The summed E-state index contributed by atoms with van der Waals surface area (Å²) in [6.07, 6.45) is 8.56. The minimum atomic E-state index is -1.54. The van der Waals surface area contributed by atoms with Crippen LogP contribution in [0.15, 0.2) is 72.8 Å². The van der Waals surface area contributed by atoms with Gasteiger partial charge in [0, 0.05) is 96.8 Å². The first-order chi connectivity index (χ1) is 36.8. The molecular weight excluding hydrogens is 1050 g/mol. The first-order valence-electron chi connectivity index (χ1n) is 27.2. The number of benzene rings is 4. The van der Waals surface area contributed by atoms with Crippen LogP contribution in [0.4, 0.5) is 22.7 Å². The number of hydrogen-bond acceptors (Lipinski definition) is 10. The molecule has 4 aromatic carbocycles. The molecule has 0 aromatic heterocycles. The van der Waals surface area contributed by atoms with Crippen LogP contribution in [-0.4, -0.2) is 136 Å². The third-order valence-corrected chi connectivity index (χ3v) is 17.1. The summed E-state index contributed by atoms with van der Waals surface area (Å²) in [6.45, 7) is 9.70. The molecule has 14 nitrogen and oxygen atoms in total. The van der Waals surface area contributed by atoms with Crippen molar-refractivity contribution in [2.45, 2.75) is 96.3 Å². The van der Waals surface area contributed by atoms with E-state index in [1.54, 1.807) is 21.9 Å². The highest BCUT2D eigenvalue weighted by atomic mass is 35.5. The fourth-order valence-electron chi connectivity index (χ4n) is 11.0. The highest BCUT2D eigenvalue weighted by Gasteiger charge is 2.46.